The van der Waals surface area contributed by atoms with Crippen LogP contribution >= 0.6 is 0 Å². The minimum Gasteiger partial charge on any atom is -0.491 e. The second kappa shape index (κ2) is 9.22. The van der Waals surface area contributed by atoms with Gasteiger partial charge in [0.1, 0.15) is 12.4 Å². The van der Waals surface area contributed by atoms with Crippen LogP contribution in [-0.4, -0.2) is 52.7 Å². The molecule has 0 aromatic heterocycles. The van der Waals surface area contributed by atoms with E-state index < -0.39 is 0 Å². The van der Waals surface area contributed by atoms with Gasteiger partial charge in [-0.15, -0.1) is 0 Å². The lowest BCUT2D eigenvalue weighted by Crippen LogP contribution is -2.36. The summed E-state index contributed by atoms with van der Waals surface area (Å²) in [5.74, 6) is 0.955. The van der Waals surface area contributed by atoms with E-state index in [-0.39, 0.29) is 0 Å². The van der Waals surface area contributed by atoms with Crippen molar-refractivity contribution >= 4 is 5.69 Å². The Balaban J connectivity index is 1.61. The Morgan fingerprint density at radius 1 is 0.815 bits per heavy atom. The van der Waals surface area contributed by atoms with E-state index in [1.165, 1.54) is 22.4 Å². The van der Waals surface area contributed by atoms with Crippen molar-refractivity contribution in [2.45, 2.75) is 13.0 Å². The van der Waals surface area contributed by atoms with E-state index in [1.807, 2.05) is 0 Å². The third-order valence-corrected chi connectivity index (χ3v) is 5.04. The first-order valence-electron chi connectivity index (χ1n) is 9.83. The Hall–Kier alpha value is -2.08. The Kier molecular flexibility index (Phi) is 6.25. The fourth-order valence-corrected chi connectivity index (χ4v) is 3.62. The predicted octanol–water partition coefficient (Wildman–Crippen LogP) is 2.61. The van der Waals surface area contributed by atoms with Gasteiger partial charge in [0.15, 0.2) is 0 Å². The zero-order valence-corrected chi connectivity index (χ0v) is 15.8. The highest BCUT2D eigenvalue weighted by atomic mass is 16.5. The molecule has 0 saturated carbocycles. The molecule has 27 heavy (non-hydrogen) atoms. The topological polar surface area (TPSA) is 43.0 Å². The summed E-state index contributed by atoms with van der Waals surface area (Å²) >= 11 is 0. The summed E-state index contributed by atoms with van der Waals surface area (Å²) in [7, 11) is 0. The predicted molar refractivity (Wildman–Crippen MR) is 107 cm³/mol. The Bertz CT molecular complexity index is 744. The highest BCUT2D eigenvalue weighted by Crippen LogP contribution is 2.28. The average molecular weight is 368 g/mol. The van der Waals surface area contributed by atoms with Gasteiger partial charge in [-0.3, -0.25) is 0 Å². The van der Waals surface area contributed by atoms with Crippen molar-refractivity contribution in [3.8, 4) is 5.75 Å². The molecular formula is C22H28N2O3. The molecule has 4 rings (SSSR count). The molecule has 0 radical (unpaired) electrons. The van der Waals surface area contributed by atoms with Gasteiger partial charge in [0, 0.05) is 43.9 Å². The summed E-state index contributed by atoms with van der Waals surface area (Å²) in [6.07, 6.45) is 0.863. The van der Waals surface area contributed by atoms with Crippen LogP contribution < -0.4 is 15.0 Å². The maximum atomic E-state index is 6.06. The Morgan fingerprint density at radius 2 is 1.67 bits per heavy atom. The van der Waals surface area contributed by atoms with Crippen molar-refractivity contribution in [3.05, 3.63) is 59.2 Å². The van der Waals surface area contributed by atoms with E-state index in [0.29, 0.717) is 19.8 Å². The molecule has 1 fully saturated rings. The molecule has 0 unspecified atom stereocenters. The Morgan fingerprint density at radius 3 is 2.59 bits per heavy atom. The minimum absolute atomic E-state index is 0.573. The van der Waals surface area contributed by atoms with Gasteiger partial charge < -0.3 is 24.4 Å². The van der Waals surface area contributed by atoms with E-state index in [0.717, 1.165) is 51.6 Å². The highest BCUT2D eigenvalue weighted by molar-refractivity contribution is 5.54. The monoisotopic (exact) mass is 368 g/mol. The normalized spacial score (nSPS) is 18.9. The van der Waals surface area contributed by atoms with Crippen LogP contribution in [0, 0.1) is 0 Å². The zero-order valence-electron chi connectivity index (χ0n) is 15.8. The number of nitrogens with one attached hydrogen (secondary N) is 1. The van der Waals surface area contributed by atoms with Gasteiger partial charge >= 0.3 is 0 Å². The van der Waals surface area contributed by atoms with Crippen molar-refractivity contribution in [1.82, 2.24) is 5.32 Å². The maximum Gasteiger partial charge on any atom is 0.123 e. The van der Waals surface area contributed by atoms with Crippen LogP contribution in [0.5, 0.6) is 5.75 Å². The molecule has 2 aliphatic heterocycles. The van der Waals surface area contributed by atoms with Crippen molar-refractivity contribution in [3.63, 3.8) is 0 Å². The Labute approximate surface area is 161 Å². The van der Waals surface area contributed by atoms with Crippen LogP contribution in [-0.2, 0) is 22.4 Å². The fourth-order valence-electron chi connectivity index (χ4n) is 3.62. The van der Waals surface area contributed by atoms with Crippen LogP contribution in [0.2, 0.25) is 0 Å². The molecule has 5 heteroatoms. The van der Waals surface area contributed by atoms with Crippen LogP contribution in [0.3, 0.4) is 0 Å². The number of morpholine rings is 1. The minimum atomic E-state index is 0.573. The zero-order chi connectivity index (χ0) is 18.3. The second-order valence-corrected chi connectivity index (χ2v) is 7.03. The first-order chi connectivity index (χ1) is 13.4. The molecule has 2 aliphatic rings. The summed E-state index contributed by atoms with van der Waals surface area (Å²) in [5, 5.41) is 3.43. The molecular weight excluding hydrogens is 340 g/mol. The molecule has 2 bridgehead atoms. The number of fused-ring (bicyclic) bond motifs is 3. The molecule has 0 amide bonds. The third-order valence-electron chi connectivity index (χ3n) is 5.04. The molecule has 2 aromatic carbocycles. The molecule has 2 aromatic rings. The van der Waals surface area contributed by atoms with Crippen LogP contribution in [0.1, 0.15) is 16.7 Å². The second-order valence-electron chi connectivity index (χ2n) is 7.03. The first-order valence-corrected chi connectivity index (χ1v) is 9.83. The number of benzene rings is 2. The quantitative estimate of drug-likeness (QED) is 0.838. The molecule has 1 saturated heterocycles. The molecule has 1 N–H and O–H groups in total. The average Bonchev–Trinajstić information content (AvgIpc) is 2.71. The van der Waals surface area contributed by atoms with Crippen LogP contribution in [0.15, 0.2) is 42.5 Å². The SMILES string of the molecule is c1cc2cc(c1)Cc1cc(N3CCOCC3)ccc1OCCOCCNC2. The largest absolute Gasteiger partial charge is 0.491 e. The molecule has 2 heterocycles. The number of ether oxygens (including phenoxy) is 3. The summed E-state index contributed by atoms with van der Waals surface area (Å²) in [4.78, 5) is 2.39. The number of hydrogen-bond donors (Lipinski definition) is 1. The van der Waals surface area contributed by atoms with Gasteiger partial charge in [0.05, 0.1) is 26.4 Å². The number of rotatable bonds is 1. The molecule has 144 valence electrons. The van der Waals surface area contributed by atoms with Gasteiger partial charge in [0.25, 0.3) is 0 Å². The number of anilines is 1. The molecule has 0 atom stereocenters. The van der Waals surface area contributed by atoms with Crippen molar-refractivity contribution in [1.29, 1.82) is 0 Å². The lowest BCUT2D eigenvalue weighted by atomic mass is 10.0. The summed E-state index contributed by atoms with van der Waals surface area (Å²) in [6.45, 7) is 7.06. The van der Waals surface area contributed by atoms with Crippen molar-refractivity contribution < 1.29 is 14.2 Å². The van der Waals surface area contributed by atoms with Gasteiger partial charge in [-0.1, -0.05) is 24.3 Å². The molecule has 0 spiro atoms. The van der Waals surface area contributed by atoms with E-state index in [4.69, 9.17) is 14.2 Å². The number of nitrogens with zero attached hydrogens (tertiary/aromatic N) is 1. The number of hydrogen-bond acceptors (Lipinski definition) is 5. The van der Waals surface area contributed by atoms with E-state index in [2.05, 4.69) is 52.7 Å². The molecule has 5 nitrogen and oxygen atoms in total. The van der Waals surface area contributed by atoms with Crippen LogP contribution in [0.25, 0.3) is 0 Å². The van der Waals surface area contributed by atoms with Gasteiger partial charge in [-0.2, -0.15) is 0 Å². The highest BCUT2D eigenvalue weighted by Gasteiger charge is 2.14. The standard InChI is InChI=1S/C22H28N2O3/c1-2-18-14-19(3-1)17-23-6-9-25-12-13-27-22-5-4-21(16-20(22)15-18)24-7-10-26-11-8-24/h1-5,14,16,23H,6-13,15,17H2. The lowest BCUT2D eigenvalue weighted by Gasteiger charge is -2.29. The van der Waals surface area contributed by atoms with Gasteiger partial charge in [-0.05, 0) is 29.3 Å². The van der Waals surface area contributed by atoms with E-state index in [9.17, 15) is 0 Å². The lowest BCUT2D eigenvalue weighted by molar-refractivity contribution is 0.101. The fraction of sp³-hybridized carbons (Fsp3) is 0.455. The first kappa shape index (κ1) is 18.3. The van der Waals surface area contributed by atoms with E-state index >= 15 is 0 Å². The third kappa shape index (κ3) is 5.01. The molecule has 0 aliphatic carbocycles. The van der Waals surface area contributed by atoms with Crippen LogP contribution in [0.4, 0.5) is 5.69 Å². The van der Waals surface area contributed by atoms with Gasteiger partial charge in [-0.25, -0.2) is 0 Å². The van der Waals surface area contributed by atoms with Gasteiger partial charge in [0.2, 0.25) is 0 Å². The van der Waals surface area contributed by atoms with Crippen molar-refractivity contribution in [2.24, 2.45) is 0 Å². The smallest absolute Gasteiger partial charge is 0.123 e. The maximum absolute atomic E-state index is 6.06. The van der Waals surface area contributed by atoms with Crippen molar-refractivity contribution in [2.75, 3.05) is 57.6 Å². The summed E-state index contributed by atoms with van der Waals surface area (Å²) in [5.41, 5.74) is 5.08. The van der Waals surface area contributed by atoms with E-state index in [1.54, 1.807) is 0 Å². The summed E-state index contributed by atoms with van der Waals surface area (Å²) in [6, 6.07) is 15.3. The summed E-state index contributed by atoms with van der Waals surface area (Å²) < 4.78 is 17.2.